The lowest BCUT2D eigenvalue weighted by Crippen LogP contribution is -2.51. The molecule has 6 rings (SSSR count). The van der Waals surface area contributed by atoms with E-state index in [2.05, 4.69) is 25.2 Å². The molecule has 0 unspecified atom stereocenters. The van der Waals surface area contributed by atoms with E-state index in [-0.39, 0.29) is 31.5 Å². The average Bonchev–Trinajstić information content (AvgIpc) is 3.08. The molecule has 2 aliphatic heterocycles. The number of aromatic nitrogens is 3. The van der Waals surface area contributed by atoms with Crippen LogP contribution in [0.25, 0.3) is 11.0 Å². The van der Waals surface area contributed by atoms with Crippen LogP contribution < -0.4 is 10.1 Å². The molecular weight excluding hydrogens is 637 g/mol. The third kappa shape index (κ3) is 7.64. The van der Waals surface area contributed by atoms with Gasteiger partial charge in [-0.3, -0.25) is 24.5 Å². The Bertz CT molecular complexity index is 1740. The number of halogens is 4. The highest BCUT2D eigenvalue weighted by Gasteiger charge is 2.39. The summed E-state index contributed by atoms with van der Waals surface area (Å²) in [6.45, 7) is 3.74. The second kappa shape index (κ2) is 14.2. The summed E-state index contributed by atoms with van der Waals surface area (Å²) >= 11 is 6.40. The predicted octanol–water partition coefficient (Wildman–Crippen LogP) is 4.84. The SMILES string of the molecule is O=C(N[C@@H]1CCN(C(=O)c2cc(Cl)c3nccnc3c2)C[C@@H]1c1ccccc1)c1cnc(OCCN2CCOCC2)cc1C(F)(F)F. The largest absolute Gasteiger partial charge is 0.476 e. The van der Waals surface area contributed by atoms with Crippen LogP contribution in [0.4, 0.5) is 13.2 Å². The van der Waals surface area contributed by atoms with Gasteiger partial charge in [-0.25, -0.2) is 4.98 Å². The number of carbonyl (C=O) groups is 2. The number of piperidine rings is 1. The van der Waals surface area contributed by atoms with Crippen LogP contribution in [0.3, 0.4) is 0 Å². The van der Waals surface area contributed by atoms with Crippen LogP contribution in [0, 0.1) is 0 Å². The molecule has 1 N–H and O–H groups in total. The number of carbonyl (C=O) groups excluding carboxylic acids is 2. The predicted molar refractivity (Wildman–Crippen MR) is 167 cm³/mol. The summed E-state index contributed by atoms with van der Waals surface area (Å²) < 4.78 is 53.4. The Morgan fingerprint density at radius 1 is 1.02 bits per heavy atom. The Morgan fingerprint density at radius 3 is 2.55 bits per heavy atom. The van der Waals surface area contributed by atoms with Crippen molar-refractivity contribution >= 4 is 34.4 Å². The monoisotopic (exact) mass is 668 g/mol. The van der Waals surface area contributed by atoms with Crippen LogP contribution >= 0.6 is 11.6 Å². The minimum Gasteiger partial charge on any atom is -0.476 e. The topological polar surface area (TPSA) is 110 Å². The Kier molecular flexibility index (Phi) is 9.85. The smallest absolute Gasteiger partial charge is 0.417 e. The van der Waals surface area contributed by atoms with Gasteiger partial charge in [-0.15, -0.1) is 0 Å². The summed E-state index contributed by atoms with van der Waals surface area (Å²) in [5.41, 5.74) is 0.394. The molecule has 4 aromatic rings. The van der Waals surface area contributed by atoms with Gasteiger partial charge in [0.1, 0.15) is 12.1 Å². The molecule has 2 fully saturated rings. The van der Waals surface area contributed by atoms with Crippen molar-refractivity contribution in [3.05, 3.63) is 94.4 Å². The van der Waals surface area contributed by atoms with Crippen molar-refractivity contribution in [3.63, 3.8) is 0 Å². The molecule has 47 heavy (non-hydrogen) atoms. The van der Waals surface area contributed by atoms with Crippen molar-refractivity contribution in [3.8, 4) is 5.88 Å². The van der Waals surface area contributed by atoms with Gasteiger partial charge in [0, 0.05) is 74.9 Å². The van der Waals surface area contributed by atoms with E-state index in [9.17, 15) is 22.8 Å². The number of likely N-dealkylation sites (tertiary alicyclic amines) is 1. The highest BCUT2D eigenvalue weighted by atomic mass is 35.5. The fraction of sp³-hybridized carbons (Fsp3) is 0.364. The van der Waals surface area contributed by atoms with Gasteiger partial charge in [-0.2, -0.15) is 13.2 Å². The summed E-state index contributed by atoms with van der Waals surface area (Å²) in [6.07, 6.45) is -0.582. The lowest BCUT2D eigenvalue weighted by Gasteiger charge is -2.39. The number of hydrogen-bond donors (Lipinski definition) is 1. The molecule has 2 aromatic heterocycles. The number of benzene rings is 2. The van der Waals surface area contributed by atoms with Crippen LogP contribution in [0.2, 0.25) is 5.02 Å². The zero-order chi connectivity index (χ0) is 33.0. The Hall–Kier alpha value is -4.33. The number of alkyl halides is 3. The number of rotatable bonds is 8. The van der Waals surface area contributed by atoms with Crippen molar-refractivity contribution in [2.24, 2.45) is 0 Å². The molecular formula is C33H32ClF3N6O4. The second-order valence-corrected chi connectivity index (χ2v) is 11.8. The van der Waals surface area contributed by atoms with E-state index in [1.807, 2.05) is 30.3 Å². The maximum absolute atomic E-state index is 14.2. The summed E-state index contributed by atoms with van der Waals surface area (Å²) in [4.78, 5) is 43.4. The van der Waals surface area contributed by atoms with Crippen molar-refractivity contribution in [2.45, 2.75) is 24.6 Å². The van der Waals surface area contributed by atoms with Gasteiger partial charge < -0.3 is 19.7 Å². The number of morpholine rings is 1. The molecule has 2 amide bonds. The highest BCUT2D eigenvalue weighted by molar-refractivity contribution is 6.35. The quantitative estimate of drug-likeness (QED) is 0.284. The number of ether oxygens (including phenoxy) is 2. The van der Waals surface area contributed by atoms with Crippen molar-refractivity contribution in [2.75, 3.05) is 52.5 Å². The number of pyridine rings is 1. The molecule has 2 aliphatic rings. The maximum Gasteiger partial charge on any atom is 0.417 e. The molecule has 4 heterocycles. The molecule has 0 spiro atoms. The van der Waals surface area contributed by atoms with Crippen LogP contribution in [-0.4, -0.2) is 95.2 Å². The van der Waals surface area contributed by atoms with Crippen molar-refractivity contribution < 1.29 is 32.2 Å². The summed E-state index contributed by atoms with van der Waals surface area (Å²) in [7, 11) is 0. The third-order valence-corrected chi connectivity index (χ3v) is 8.70. The molecule has 0 saturated carbocycles. The normalized spacial score (nSPS) is 19.0. The second-order valence-electron chi connectivity index (χ2n) is 11.4. The third-order valence-electron chi connectivity index (χ3n) is 8.41. The van der Waals surface area contributed by atoms with Crippen LogP contribution in [-0.2, 0) is 10.9 Å². The highest BCUT2D eigenvalue weighted by Crippen LogP contribution is 2.35. The fourth-order valence-corrected chi connectivity index (χ4v) is 6.23. The molecule has 0 aliphatic carbocycles. The first-order valence-corrected chi connectivity index (χ1v) is 15.6. The first-order valence-electron chi connectivity index (χ1n) is 15.2. The van der Waals surface area contributed by atoms with Gasteiger partial charge in [0.15, 0.2) is 0 Å². The minimum atomic E-state index is -4.82. The lowest BCUT2D eigenvalue weighted by molar-refractivity contribution is -0.138. The first kappa shape index (κ1) is 32.6. The van der Waals surface area contributed by atoms with E-state index >= 15 is 0 Å². The number of nitrogens with one attached hydrogen (secondary N) is 1. The number of nitrogens with zero attached hydrogens (tertiary/aromatic N) is 5. The molecule has 0 radical (unpaired) electrons. The van der Waals surface area contributed by atoms with E-state index < -0.39 is 35.2 Å². The number of hydrogen-bond acceptors (Lipinski definition) is 8. The summed E-state index contributed by atoms with van der Waals surface area (Å²) in [5.74, 6) is -1.80. The zero-order valence-corrected chi connectivity index (χ0v) is 26.0. The fourth-order valence-electron chi connectivity index (χ4n) is 5.97. The molecule has 0 bridgehead atoms. The van der Waals surface area contributed by atoms with E-state index in [1.54, 1.807) is 17.0 Å². The van der Waals surface area contributed by atoms with Gasteiger partial charge in [0.05, 0.1) is 34.9 Å². The van der Waals surface area contributed by atoms with Gasteiger partial charge in [-0.1, -0.05) is 41.9 Å². The first-order chi connectivity index (χ1) is 22.7. The molecule has 10 nitrogen and oxygen atoms in total. The van der Waals surface area contributed by atoms with Crippen LogP contribution in [0.15, 0.2) is 67.1 Å². The maximum atomic E-state index is 14.2. The van der Waals surface area contributed by atoms with Gasteiger partial charge in [0.25, 0.3) is 11.8 Å². The van der Waals surface area contributed by atoms with Crippen LogP contribution in [0.1, 0.15) is 44.2 Å². The standard InChI is InChI=1S/C33H32ClF3N6O4/c34-26-16-22(17-28-30(26)39-8-7-38-28)32(45)43-9-6-27(24(20-43)21-4-2-1-3-5-21)41-31(44)23-19-40-29(18-25(23)33(35,36)37)47-15-12-42-10-13-46-14-11-42/h1-5,7-8,16-19,24,27H,6,9-15,20H2,(H,41,44)/t24-,27-/m1/s1. The lowest BCUT2D eigenvalue weighted by atomic mass is 9.85. The van der Waals surface area contributed by atoms with E-state index in [0.717, 1.165) is 17.8 Å². The molecule has 2 saturated heterocycles. The summed E-state index contributed by atoms with van der Waals surface area (Å²) in [5, 5.41) is 3.11. The Labute approximate surface area is 273 Å². The Balaban J connectivity index is 1.19. The van der Waals surface area contributed by atoms with Crippen molar-refractivity contribution in [1.29, 1.82) is 0 Å². The van der Waals surface area contributed by atoms with E-state index in [0.29, 0.717) is 60.9 Å². The molecule has 2 aromatic carbocycles. The minimum absolute atomic E-state index is 0.144. The van der Waals surface area contributed by atoms with Crippen molar-refractivity contribution in [1.82, 2.24) is 30.1 Å². The van der Waals surface area contributed by atoms with E-state index in [4.69, 9.17) is 21.1 Å². The number of fused-ring (bicyclic) bond motifs is 1. The number of amides is 2. The average molecular weight is 669 g/mol. The van der Waals surface area contributed by atoms with Gasteiger partial charge in [-0.05, 0) is 24.1 Å². The van der Waals surface area contributed by atoms with Gasteiger partial charge >= 0.3 is 6.18 Å². The summed E-state index contributed by atoms with van der Waals surface area (Å²) in [6, 6.07) is 12.6. The van der Waals surface area contributed by atoms with E-state index in [1.165, 1.54) is 12.4 Å². The Morgan fingerprint density at radius 2 is 1.79 bits per heavy atom. The zero-order valence-electron chi connectivity index (χ0n) is 25.3. The van der Waals surface area contributed by atoms with Gasteiger partial charge in [0.2, 0.25) is 5.88 Å². The molecule has 2 atom stereocenters. The molecule has 246 valence electrons. The molecule has 14 heteroatoms. The van der Waals surface area contributed by atoms with Crippen LogP contribution in [0.5, 0.6) is 5.88 Å².